The number of rotatable bonds is 1. The summed E-state index contributed by atoms with van der Waals surface area (Å²) in [5.74, 6) is -4.26. The molecule has 0 radical (unpaired) electrons. The van der Waals surface area contributed by atoms with Gasteiger partial charge in [0.15, 0.2) is 10.9 Å². The van der Waals surface area contributed by atoms with Crippen molar-refractivity contribution in [2.24, 2.45) is 28.6 Å². The summed E-state index contributed by atoms with van der Waals surface area (Å²) < 4.78 is 6.23. The zero-order valence-electron chi connectivity index (χ0n) is 19.2. The Kier molecular flexibility index (Phi) is 4.05. The fourth-order valence-electron chi connectivity index (χ4n) is 8.72. The number of hydrogen-bond acceptors (Lipinski definition) is 8. The lowest BCUT2D eigenvalue weighted by Crippen LogP contribution is -2.87. The van der Waals surface area contributed by atoms with Crippen molar-refractivity contribution in [3.8, 4) is 0 Å². The quantitative estimate of drug-likeness (QED) is 0.454. The van der Waals surface area contributed by atoms with Crippen LogP contribution in [-0.2, 0) is 26.2 Å². The van der Waals surface area contributed by atoms with E-state index in [1.807, 2.05) is 6.92 Å². The van der Waals surface area contributed by atoms with Gasteiger partial charge in [0.25, 0.3) is 0 Å². The molecule has 2 spiro atoms. The Hall–Kier alpha value is -1.65. The molecule has 33 heavy (non-hydrogen) atoms. The number of ketones is 1. The van der Waals surface area contributed by atoms with Gasteiger partial charge in [0.2, 0.25) is 11.7 Å². The molecular formula is C24H30N2O6S. The number of amides is 1. The maximum Gasteiger partial charge on any atom is 0.223 e. The maximum atomic E-state index is 13.8. The number of anilines is 1. The van der Waals surface area contributed by atoms with E-state index in [2.05, 4.69) is 25.7 Å². The molecule has 2 aliphatic heterocycles. The molecule has 5 fully saturated rings. The van der Waals surface area contributed by atoms with Crippen molar-refractivity contribution in [3.05, 3.63) is 22.7 Å². The summed E-state index contributed by atoms with van der Waals surface area (Å²) in [5, 5.41) is 38.6. The van der Waals surface area contributed by atoms with Gasteiger partial charge in [0, 0.05) is 29.1 Å². The van der Waals surface area contributed by atoms with Crippen LogP contribution >= 0.6 is 11.3 Å². The van der Waals surface area contributed by atoms with Crippen LogP contribution in [0, 0.1) is 28.6 Å². The van der Waals surface area contributed by atoms with E-state index < -0.39 is 63.9 Å². The second kappa shape index (κ2) is 6.12. The van der Waals surface area contributed by atoms with E-state index in [0.717, 1.165) is 4.88 Å². The monoisotopic (exact) mass is 474 g/mol. The minimum atomic E-state index is -2.22. The molecule has 9 heteroatoms. The number of carbonyl (C=O) groups excluding carboxylic acids is 2. The molecule has 0 aromatic carbocycles. The Balaban J connectivity index is 1.69. The van der Waals surface area contributed by atoms with Crippen LogP contribution in [0.1, 0.15) is 51.1 Å². The highest BCUT2D eigenvalue weighted by molar-refractivity contribution is 7.15. The number of aromatic nitrogens is 1. The minimum Gasteiger partial charge on any atom is -0.391 e. The SMILES string of the molecule is C=C1C(=O)[C@]23[C@H](O)[C@H]1CC[C@H]2[C@]12c4nc(NC(C)=O)sc4CC(C)(C)[C@H]1[C@H](O)[C@]3(O)OC2C. The first-order chi connectivity index (χ1) is 15.3. The highest BCUT2D eigenvalue weighted by Gasteiger charge is 2.88. The Morgan fingerprint density at radius 2 is 1.97 bits per heavy atom. The molecule has 8 nitrogen and oxygen atoms in total. The largest absolute Gasteiger partial charge is 0.391 e. The maximum absolute atomic E-state index is 13.8. The molecule has 6 aliphatic rings. The van der Waals surface area contributed by atoms with Gasteiger partial charge in [-0.1, -0.05) is 20.4 Å². The molecule has 4 bridgehead atoms. The van der Waals surface area contributed by atoms with Gasteiger partial charge in [0.1, 0.15) is 11.5 Å². The van der Waals surface area contributed by atoms with Crippen molar-refractivity contribution in [3.63, 3.8) is 0 Å². The smallest absolute Gasteiger partial charge is 0.223 e. The number of Topliss-reactive ketones (excluding diaryl/α,β-unsaturated/α-hetero) is 1. The Labute approximate surface area is 196 Å². The van der Waals surface area contributed by atoms with Crippen LogP contribution in [0.2, 0.25) is 0 Å². The van der Waals surface area contributed by atoms with Crippen LogP contribution in [0.25, 0.3) is 0 Å². The second-order valence-electron chi connectivity index (χ2n) is 11.4. The average Bonchev–Trinajstić information content (AvgIpc) is 3.12. The van der Waals surface area contributed by atoms with E-state index in [1.165, 1.54) is 18.3 Å². The van der Waals surface area contributed by atoms with E-state index >= 15 is 0 Å². The third-order valence-corrected chi connectivity index (χ3v) is 10.5. The van der Waals surface area contributed by atoms with Gasteiger partial charge in [-0.3, -0.25) is 9.59 Å². The van der Waals surface area contributed by atoms with Crippen LogP contribution in [-0.4, -0.2) is 56.1 Å². The molecule has 3 saturated carbocycles. The van der Waals surface area contributed by atoms with Crippen LogP contribution < -0.4 is 5.32 Å². The molecule has 7 rings (SSSR count). The molecule has 1 aromatic heterocycles. The summed E-state index contributed by atoms with van der Waals surface area (Å²) in [5.41, 5.74) is -2.05. The summed E-state index contributed by atoms with van der Waals surface area (Å²) in [4.78, 5) is 31.4. The van der Waals surface area contributed by atoms with Crippen LogP contribution in [0.5, 0.6) is 0 Å². The Bertz CT molecular complexity index is 1130. The van der Waals surface area contributed by atoms with Crippen molar-refractivity contribution in [1.29, 1.82) is 0 Å². The topological polar surface area (TPSA) is 129 Å². The summed E-state index contributed by atoms with van der Waals surface area (Å²) in [6.45, 7) is 11.4. The molecule has 1 aromatic rings. The van der Waals surface area contributed by atoms with Crippen molar-refractivity contribution >= 4 is 28.2 Å². The number of aliphatic hydroxyl groups is 3. The number of aliphatic hydroxyl groups excluding tert-OH is 2. The predicted molar refractivity (Wildman–Crippen MR) is 119 cm³/mol. The van der Waals surface area contributed by atoms with Crippen molar-refractivity contribution < 1.29 is 29.6 Å². The molecule has 3 heterocycles. The molecule has 4 aliphatic carbocycles. The van der Waals surface area contributed by atoms with Crippen LogP contribution in [0.4, 0.5) is 5.13 Å². The molecule has 1 amide bonds. The summed E-state index contributed by atoms with van der Waals surface area (Å²) >= 11 is 1.41. The van der Waals surface area contributed by atoms with E-state index in [0.29, 0.717) is 35.7 Å². The normalized spacial score (nSPS) is 48.8. The van der Waals surface area contributed by atoms with E-state index in [4.69, 9.17) is 9.72 Å². The first-order valence-electron chi connectivity index (χ1n) is 11.6. The number of nitrogens with one attached hydrogen (secondary N) is 1. The molecule has 1 unspecified atom stereocenters. The fourth-order valence-corrected chi connectivity index (χ4v) is 10.1. The molecule has 178 valence electrons. The molecule has 4 N–H and O–H groups in total. The van der Waals surface area contributed by atoms with Gasteiger partial charge in [-0.05, 0) is 43.1 Å². The Morgan fingerprint density at radius 3 is 2.64 bits per heavy atom. The van der Waals surface area contributed by atoms with Gasteiger partial charge < -0.3 is 25.4 Å². The number of thiazole rings is 1. The number of ether oxygens (including phenoxy) is 1. The summed E-state index contributed by atoms with van der Waals surface area (Å²) in [6, 6.07) is 0. The number of fused-ring (bicyclic) bond motifs is 3. The van der Waals surface area contributed by atoms with Gasteiger partial charge in [-0.15, -0.1) is 11.3 Å². The zero-order chi connectivity index (χ0) is 23.9. The number of nitrogens with zero attached hydrogens (tertiary/aromatic N) is 1. The van der Waals surface area contributed by atoms with Crippen molar-refractivity contribution in [2.75, 3.05) is 5.32 Å². The summed E-state index contributed by atoms with van der Waals surface area (Å²) in [6.07, 6.45) is -1.40. The van der Waals surface area contributed by atoms with Crippen molar-refractivity contribution in [1.82, 2.24) is 4.98 Å². The second-order valence-corrected chi connectivity index (χ2v) is 12.4. The highest BCUT2D eigenvalue weighted by atomic mass is 32.1. The zero-order valence-corrected chi connectivity index (χ0v) is 20.0. The lowest BCUT2D eigenvalue weighted by molar-refractivity contribution is -0.447. The van der Waals surface area contributed by atoms with Crippen LogP contribution in [0.15, 0.2) is 12.2 Å². The van der Waals surface area contributed by atoms with E-state index in [-0.39, 0.29) is 5.91 Å². The van der Waals surface area contributed by atoms with Gasteiger partial charge in [0.05, 0.1) is 17.9 Å². The molecular weight excluding hydrogens is 444 g/mol. The lowest BCUT2D eigenvalue weighted by atomic mass is 9.35. The fraction of sp³-hybridized carbons (Fsp3) is 0.708. The summed E-state index contributed by atoms with van der Waals surface area (Å²) in [7, 11) is 0. The first-order valence-corrected chi connectivity index (χ1v) is 12.4. The van der Waals surface area contributed by atoms with Gasteiger partial charge in [-0.25, -0.2) is 4.98 Å². The van der Waals surface area contributed by atoms with Gasteiger partial charge >= 0.3 is 0 Å². The minimum absolute atomic E-state index is 0.227. The Morgan fingerprint density at radius 1 is 1.27 bits per heavy atom. The third kappa shape index (κ3) is 2.08. The number of hydrogen-bond donors (Lipinski definition) is 4. The lowest BCUT2D eigenvalue weighted by Gasteiger charge is -2.75. The van der Waals surface area contributed by atoms with Gasteiger partial charge in [-0.2, -0.15) is 0 Å². The molecule has 2 saturated heterocycles. The third-order valence-electron chi connectivity index (χ3n) is 9.56. The predicted octanol–water partition coefficient (Wildman–Crippen LogP) is 1.53. The van der Waals surface area contributed by atoms with Crippen LogP contribution in [0.3, 0.4) is 0 Å². The highest BCUT2D eigenvalue weighted by Crippen LogP contribution is 2.77. The molecule has 9 atom stereocenters. The first kappa shape index (κ1) is 21.9. The van der Waals surface area contributed by atoms with Crippen molar-refractivity contribution in [2.45, 2.75) is 76.5 Å². The van der Waals surface area contributed by atoms with E-state index in [9.17, 15) is 24.9 Å². The standard InChI is InChI=1S/C24H30N2O6S/c1-9-12-6-7-14-22-10(2)32-24(31,23(14,17(9)28)18(12)29)19(30)15(22)21(4,5)8-13-16(22)26-20(33-13)25-11(3)27/h10,12,14-15,18-19,29-31H,1,6-8H2,2-5H3,(H,25,26,27)/t10?,12-,14-,15+,18+,19-,22-,23-,24-/m0/s1. The average molecular weight is 475 g/mol. The van der Waals surface area contributed by atoms with E-state index in [1.54, 1.807) is 0 Å². The number of carbonyl (C=O) groups is 2.